The standard InChI is InChI=1S/C38H36O12/c1-20(2)33(41)49-30-7-6-24(12-29(30)35(43)47-27-9-22(4)45-31(39)13-27)8-21(3)34(42)50-38-17-25-11-26(18-38)16-37(15-25,19-38)36(44)48-28-10-23(5)46-32(40)14-28/h6-10,12-14,25-26H,1,11,15-19H2,2-5H3/b21-8+. The van der Waals surface area contributed by atoms with Gasteiger partial charge in [0.25, 0.3) is 0 Å². The molecular weight excluding hydrogens is 648 g/mol. The average Bonchev–Trinajstić information content (AvgIpc) is 2.99. The van der Waals surface area contributed by atoms with Gasteiger partial charge in [0, 0.05) is 29.7 Å². The Morgan fingerprint density at radius 1 is 0.800 bits per heavy atom. The number of carbonyl (C=O) groups is 4. The molecule has 50 heavy (non-hydrogen) atoms. The number of benzene rings is 1. The molecule has 2 aromatic heterocycles. The fraction of sp³-hybridized carbons (Fsp3) is 0.368. The Morgan fingerprint density at radius 2 is 1.40 bits per heavy atom. The molecule has 2 unspecified atom stereocenters. The first kappa shape index (κ1) is 34.3. The lowest BCUT2D eigenvalue weighted by atomic mass is 9.48. The van der Waals surface area contributed by atoms with E-state index >= 15 is 0 Å². The van der Waals surface area contributed by atoms with Crippen molar-refractivity contribution in [1.82, 2.24) is 0 Å². The van der Waals surface area contributed by atoms with E-state index in [1.54, 1.807) is 19.9 Å². The molecular formula is C38H36O12. The molecule has 0 amide bonds. The van der Waals surface area contributed by atoms with Crippen molar-refractivity contribution in [2.75, 3.05) is 0 Å². The molecule has 3 aromatic rings. The van der Waals surface area contributed by atoms with Crippen molar-refractivity contribution >= 4 is 30.0 Å². The number of carbonyl (C=O) groups excluding carboxylic acids is 4. The van der Waals surface area contributed by atoms with E-state index in [2.05, 4.69) is 6.58 Å². The molecule has 4 bridgehead atoms. The van der Waals surface area contributed by atoms with Crippen LogP contribution < -0.4 is 25.5 Å². The highest BCUT2D eigenvalue weighted by atomic mass is 16.6. The highest BCUT2D eigenvalue weighted by Crippen LogP contribution is 2.63. The van der Waals surface area contributed by atoms with Crippen molar-refractivity contribution in [3.8, 4) is 17.2 Å². The zero-order valence-electron chi connectivity index (χ0n) is 28.1. The zero-order valence-corrected chi connectivity index (χ0v) is 28.1. The molecule has 1 aromatic carbocycles. The number of hydrogen-bond donors (Lipinski definition) is 0. The Labute approximate surface area is 286 Å². The largest absolute Gasteiger partial charge is 0.456 e. The number of aryl methyl sites for hydroxylation is 2. The molecule has 0 spiro atoms. The smallest absolute Gasteiger partial charge is 0.347 e. The summed E-state index contributed by atoms with van der Waals surface area (Å²) in [5.74, 6) is -1.88. The molecule has 4 aliphatic rings. The summed E-state index contributed by atoms with van der Waals surface area (Å²) in [6.07, 6.45) is 5.26. The third kappa shape index (κ3) is 7.24. The number of esters is 4. The van der Waals surface area contributed by atoms with Crippen molar-refractivity contribution < 1.29 is 47.0 Å². The van der Waals surface area contributed by atoms with E-state index in [9.17, 15) is 28.8 Å². The quantitative estimate of drug-likeness (QED) is 0.151. The van der Waals surface area contributed by atoms with Crippen LogP contribution in [0.1, 0.15) is 79.8 Å². The number of rotatable bonds is 9. The molecule has 12 heteroatoms. The third-order valence-corrected chi connectivity index (χ3v) is 9.38. The highest BCUT2D eigenvalue weighted by Gasteiger charge is 2.63. The Hall–Kier alpha value is -5.52. The minimum atomic E-state index is -0.924. The first-order chi connectivity index (χ1) is 23.6. The Balaban J connectivity index is 1.23. The zero-order chi connectivity index (χ0) is 36.0. The van der Waals surface area contributed by atoms with Crippen LogP contribution in [-0.2, 0) is 19.1 Å². The molecule has 0 saturated heterocycles. The normalized spacial score (nSPS) is 23.6. The summed E-state index contributed by atoms with van der Waals surface area (Å²) in [6, 6.07) is 9.32. The van der Waals surface area contributed by atoms with Crippen LogP contribution in [0.5, 0.6) is 17.2 Å². The molecule has 2 atom stereocenters. The maximum absolute atomic E-state index is 13.7. The van der Waals surface area contributed by atoms with Gasteiger partial charge in [0.15, 0.2) is 0 Å². The van der Waals surface area contributed by atoms with Gasteiger partial charge in [-0.3, -0.25) is 4.79 Å². The minimum Gasteiger partial charge on any atom is -0.456 e. The Kier molecular flexibility index (Phi) is 8.98. The second kappa shape index (κ2) is 13.1. The maximum atomic E-state index is 13.7. The van der Waals surface area contributed by atoms with E-state index in [0.717, 1.165) is 18.6 Å². The molecule has 0 N–H and O–H groups in total. The molecule has 4 saturated carbocycles. The predicted molar refractivity (Wildman–Crippen MR) is 177 cm³/mol. The van der Waals surface area contributed by atoms with E-state index in [0.29, 0.717) is 43.4 Å². The molecule has 260 valence electrons. The van der Waals surface area contributed by atoms with E-state index in [-0.39, 0.29) is 51.6 Å². The summed E-state index contributed by atoms with van der Waals surface area (Å²) in [4.78, 5) is 76.6. The van der Waals surface area contributed by atoms with Gasteiger partial charge in [0.2, 0.25) is 0 Å². The fourth-order valence-electron chi connectivity index (χ4n) is 7.84. The van der Waals surface area contributed by atoms with Gasteiger partial charge in [-0.05, 0) is 95.4 Å². The van der Waals surface area contributed by atoms with E-state index in [1.165, 1.54) is 44.2 Å². The molecule has 0 aliphatic heterocycles. The van der Waals surface area contributed by atoms with Crippen LogP contribution in [-0.4, -0.2) is 29.5 Å². The fourth-order valence-corrected chi connectivity index (χ4v) is 7.84. The summed E-state index contributed by atoms with van der Waals surface area (Å²) >= 11 is 0. The van der Waals surface area contributed by atoms with Gasteiger partial charge in [-0.15, -0.1) is 0 Å². The molecule has 7 rings (SSSR count). The highest BCUT2D eigenvalue weighted by molar-refractivity contribution is 5.98. The van der Waals surface area contributed by atoms with Crippen molar-refractivity contribution in [1.29, 1.82) is 0 Å². The summed E-state index contributed by atoms with van der Waals surface area (Å²) < 4.78 is 32.6. The lowest BCUT2D eigenvalue weighted by Crippen LogP contribution is -2.60. The average molecular weight is 685 g/mol. The van der Waals surface area contributed by atoms with Gasteiger partial charge in [-0.25, -0.2) is 24.0 Å². The van der Waals surface area contributed by atoms with Crippen LogP contribution in [0.3, 0.4) is 0 Å². The first-order valence-electron chi connectivity index (χ1n) is 16.2. The van der Waals surface area contributed by atoms with Crippen LogP contribution in [0, 0.1) is 31.1 Å². The van der Waals surface area contributed by atoms with Crippen LogP contribution in [0.4, 0.5) is 0 Å². The number of hydrogen-bond acceptors (Lipinski definition) is 12. The molecule has 4 aliphatic carbocycles. The topological polar surface area (TPSA) is 166 Å². The van der Waals surface area contributed by atoms with E-state index in [4.69, 9.17) is 27.8 Å². The van der Waals surface area contributed by atoms with Gasteiger partial charge in [-0.1, -0.05) is 12.6 Å². The second-order valence-electron chi connectivity index (χ2n) is 13.8. The van der Waals surface area contributed by atoms with Gasteiger partial charge in [0.05, 0.1) is 17.5 Å². The summed E-state index contributed by atoms with van der Waals surface area (Å²) in [5, 5.41) is 0. The molecule has 4 fully saturated rings. The lowest BCUT2D eigenvalue weighted by molar-refractivity contribution is -0.206. The monoisotopic (exact) mass is 684 g/mol. The first-order valence-corrected chi connectivity index (χ1v) is 16.2. The van der Waals surface area contributed by atoms with Crippen LogP contribution in [0.2, 0.25) is 0 Å². The van der Waals surface area contributed by atoms with Crippen molar-refractivity contribution in [3.63, 3.8) is 0 Å². The van der Waals surface area contributed by atoms with Crippen molar-refractivity contribution in [3.05, 3.63) is 104 Å². The lowest BCUT2D eigenvalue weighted by Gasteiger charge is -2.59. The third-order valence-electron chi connectivity index (χ3n) is 9.38. The summed E-state index contributed by atoms with van der Waals surface area (Å²) in [5.41, 5.74) is -2.45. The minimum absolute atomic E-state index is 0.0663. The van der Waals surface area contributed by atoms with Gasteiger partial charge in [0.1, 0.15) is 39.9 Å². The molecule has 0 radical (unpaired) electrons. The van der Waals surface area contributed by atoms with Crippen LogP contribution in [0.25, 0.3) is 6.08 Å². The SMILES string of the molecule is C=C(C)C(=O)Oc1ccc(/C=C(\C)C(=O)OC23CC4CC(C2)CC(C(=O)Oc2cc(C)oc(=O)c2)(C4)C3)cc1C(=O)Oc1cc(C)oc(=O)c1. The van der Waals surface area contributed by atoms with Gasteiger partial charge >= 0.3 is 35.1 Å². The molecule has 12 nitrogen and oxygen atoms in total. The Bertz CT molecular complexity index is 2060. The number of ether oxygens (including phenoxy) is 4. The van der Waals surface area contributed by atoms with E-state index < -0.39 is 46.1 Å². The van der Waals surface area contributed by atoms with Crippen molar-refractivity contribution in [2.45, 2.75) is 71.8 Å². The van der Waals surface area contributed by atoms with Crippen molar-refractivity contribution in [2.24, 2.45) is 17.3 Å². The summed E-state index contributed by atoms with van der Waals surface area (Å²) in [7, 11) is 0. The van der Waals surface area contributed by atoms with Gasteiger partial charge < -0.3 is 27.8 Å². The van der Waals surface area contributed by atoms with E-state index in [1.807, 2.05) is 0 Å². The Morgan fingerprint density at radius 3 is 1.98 bits per heavy atom. The van der Waals surface area contributed by atoms with Crippen LogP contribution in [0.15, 0.2) is 78.6 Å². The predicted octanol–water partition coefficient (Wildman–Crippen LogP) is 5.80. The maximum Gasteiger partial charge on any atom is 0.347 e. The van der Waals surface area contributed by atoms with Gasteiger partial charge in [-0.2, -0.15) is 0 Å². The summed E-state index contributed by atoms with van der Waals surface area (Å²) in [6.45, 7) is 9.72. The second-order valence-corrected chi connectivity index (χ2v) is 13.8. The van der Waals surface area contributed by atoms with Crippen LogP contribution >= 0.6 is 0 Å². The molecule has 2 heterocycles.